The number of nitrogens with one attached hydrogen (secondary N) is 1. The number of likely N-dealkylation sites (N-methyl/N-ethyl adjacent to an activating group) is 1. The van der Waals surface area contributed by atoms with Gasteiger partial charge in [0.1, 0.15) is 13.2 Å². The predicted octanol–water partition coefficient (Wildman–Crippen LogP) is 21.1. The number of phosphoric acid groups is 1. The van der Waals surface area contributed by atoms with Crippen LogP contribution in [0.3, 0.4) is 0 Å². The monoisotopic (exact) mass is 1140 g/mol. The summed E-state index contributed by atoms with van der Waals surface area (Å²) >= 11 is 0. The molecule has 3 unspecified atom stereocenters. The van der Waals surface area contributed by atoms with Crippen molar-refractivity contribution in [1.29, 1.82) is 0 Å². The summed E-state index contributed by atoms with van der Waals surface area (Å²) < 4.78 is 23.7. The van der Waals surface area contributed by atoms with Crippen molar-refractivity contribution in [2.45, 2.75) is 296 Å². The minimum absolute atomic E-state index is 0.0507. The molecular formula is C71H128N2O6P+. The first-order valence-corrected chi connectivity index (χ1v) is 34.8. The van der Waals surface area contributed by atoms with Crippen molar-refractivity contribution in [2.75, 3.05) is 40.9 Å². The summed E-state index contributed by atoms with van der Waals surface area (Å²) in [5.74, 6) is -0.191. The molecule has 462 valence electrons. The Kier molecular flexibility index (Phi) is 58.6. The van der Waals surface area contributed by atoms with Crippen LogP contribution in [0.2, 0.25) is 0 Å². The molecule has 0 radical (unpaired) electrons. The van der Waals surface area contributed by atoms with Crippen molar-refractivity contribution < 1.29 is 32.9 Å². The fourth-order valence-electron chi connectivity index (χ4n) is 9.31. The zero-order valence-electron chi connectivity index (χ0n) is 52.8. The third-order valence-electron chi connectivity index (χ3n) is 14.5. The largest absolute Gasteiger partial charge is 0.472 e. The van der Waals surface area contributed by atoms with Gasteiger partial charge in [-0.2, -0.15) is 0 Å². The van der Waals surface area contributed by atoms with Gasteiger partial charge < -0.3 is 19.8 Å². The second-order valence-electron chi connectivity index (χ2n) is 23.4. The molecule has 0 aliphatic carbocycles. The van der Waals surface area contributed by atoms with Crippen LogP contribution in [0.1, 0.15) is 284 Å². The van der Waals surface area contributed by atoms with Gasteiger partial charge in [-0.15, -0.1) is 0 Å². The number of phosphoric ester groups is 1. The SMILES string of the molecule is CC/C=C\C/C=C\C/C=C\C/C=C\C/C=C\C/C=C\CCCCCCCCCCCCCCCCCCCCC(=O)NC(COP(=O)(O)OCC[N+](C)(C)C)C(O)/C=C/CC/C=C/CC/C=C/CCCCCCCCCCCCC. The van der Waals surface area contributed by atoms with E-state index in [4.69, 9.17) is 9.05 Å². The third-order valence-corrected chi connectivity index (χ3v) is 15.4. The van der Waals surface area contributed by atoms with Crippen LogP contribution in [0.15, 0.2) is 109 Å². The van der Waals surface area contributed by atoms with Gasteiger partial charge in [-0.1, -0.05) is 290 Å². The van der Waals surface area contributed by atoms with Gasteiger partial charge in [-0.25, -0.2) is 4.57 Å². The van der Waals surface area contributed by atoms with Crippen molar-refractivity contribution in [3.63, 3.8) is 0 Å². The molecule has 8 nitrogen and oxygen atoms in total. The van der Waals surface area contributed by atoms with E-state index in [-0.39, 0.29) is 19.1 Å². The topological polar surface area (TPSA) is 105 Å². The zero-order valence-corrected chi connectivity index (χ0v) is 53.7. The van der Waals surface area contributed by atoms with Crippen LogP contribution < -0.4 is 5.32 Å². The molecule has 3 atom stereocenters. The molecule has 9 heteroatoms. The van der Waals surface area contributed by atoms with E-state index in [9.17, 15) is 19.4 Å². The highest BCUT2D eigenvalue weighted by Crippen LogP contribution is 2.43. The third kappa shape index (κ3) is 62.8. The Hall–Kier alpha value is -2.84. The van der Waals surface area contributed by atoms with E-state index in [0.717, 1.165) is 83.5 Å². The van der Waals surface area contributed by atoms with Crippen LogP contribution in [0.4, 0.5) is 0 Å². The molecule has 0 aromatic heterocycles. The molecule has 0 saturated heterocycles. The second-order valence-corrected chi connectivity index (χ2v) is 24.9. The van der Waals surface area contributed by atoms with E-state index in [0.29, 0.717) is 17.4 Å². The lowest BCUT2D eigenvalue weighted by Gasteiger charge is -2.25. The lowest BCUT2D eigenvalue weighted by atomic mass is 10.0. The van der Waals surface area contributed by atoms with Gasteiger partial charge in [0.15, 0.2) is 0 Å². The lowest BCUT2D eigenvalue weighted by Crippen LogP contribution is -2.45. The smallest absolute Gasteiger partial charge is 0.387 e. The molecule has 0 aromatic rings. The van der Waals surface area contributed by atoms with E-state index in [1.165, 1.54) is 180 Å². The lowest BCUT2D eigenvalue weighted by molar-refractivity contribution is -0.870. The molecule has 0 fully saturated rings. The molecule has 3 N–H and O–H groups in total. The Morgan fingerprint density at radius 1 is 0.438 bits per heavy atom. The maximum atomic E-state index is 13.0. The summed E-state index contributed by atoms with van der Waals surface area (Å²) in [5.41, 5.74) is 0. The van der Waals surface area contributed by atoms with Gasteiger partial charge in [-0.3, -0.25) is 13.8 Å². The van der Waals surface area contributed by atoms with Gasteiger partial charge in [-0.05, 0) is 96.3 Å². The molecule has 0 aliphatic heterocycles. The fourth-order valence-corrected chi connectivity index (χ4v) is 10.1. The number of carbonyl (C=O) groups excluding carboxylic acids is 1. The van der Waals surface area contributed by atoms with Gasteiger partial charge >= 0.3 is 7.82 Å². The Morgan fingerprint density at radius 3 is 1.15 bits per heavy atom. The molecule has 0 saturated carbocycles. The van der Waals surface area contributed by atoms with Crippen LogP contribution in [-0.2, 0) is 18.4 Å². The van der Waals surface area contributed by atoms with E-state index in [1.54, 1.807) is 6.08 Å². The number of nitrogens with zero attached hydrogens (tertiary/aromatic N) is 1. The van der Waals surface area contributed by atoms with Gasteiger partial charge in [0.05, 0.1) is 39.9 Å². The van der Waals surface area contributed by atoms with E-state index in [1.807, 2.05) is 27.2 Å². The van der Waals surface area contributed by atoms with Crippen molar-refractivity contribution in [1.82, 2.24) is 5.32 Å². The predicted molar refractivity (Wildman–Crippen MR) is 350 cm³/mol. The quantitative estimate of drug-likeness (QED) is 0.0243. The number of carbonyl (C=O) groups is 1. The summed E-state index contributed by atoms with van der Waals surface area (Å²) in [6.45, 7) is 4.69. The summed E-state index contributed by atoms with van der Waals surface area (Å²) in [6, 6.07) is -0.875. The number of aliphatic hydroxyl groups is 1. The number of unbranched alkanes of at least 4 members (excludes halogenated alkanes) is 31. The van der Waals surface area contributed by atoms with Crippen LogP contribution >= 0.6 is 7.82 Å². The average Bonchev–Trinajstić information content (AvgIpc) is 3.42. The average molecular weight is 1140 g/mol. The van der Waals surface area contributed by atoms with E-state index in [2.05, 4.69) is 116 Å². The maximum absolute atomic E-state index is 13.0. The molecule has 80 heavy (non-hydrogen) atoms. The molecule has 1 amide bonds. The van der Waals surface area contributed by atoms with E-state index < -0.39 is 20.0 Å². The fraction of sp³-hybridized carbons (Fsp3) is 0.732. The Balaban J connectivity index is 4.09. The first kappa shape index (κ1) is 77.2. The minimum Gasteiger partial charge on any atom is -0.387 e. The highest BCUT2D eigenvalue weighted by Gasteiger charge is 2.27. The van der Waals surface area contributed by atoms with Gasteiger partial charge in [0, 0.05) is 6.42 Å². The molecule has 0 heterocycles. The van der Waals surface area contributed by atoms with Gasteiger partial charge in [0.2, 0.25) is 5.91 Å². The van der Waals surface area contributed by atoms with Crippen molar-refractivity contribution in [3.05, 3.63) is 109 Å². The highest BCUT2D eigenvalue weighted by atomic mass is 31.2. The number of hydrogen-bond acceptors (Lipinski definition) is 5. The molecule has 0 rings (SSSR count). The van der Waals surface area contributed by atoms with Crippen LogP contribution in [0.5, 0.6) is 0 Å². The maximum Gasteiger partial charge on any atom is 0.472 e. The summed E-state index contributed by atoms with van der Waals surface area (Å²) in [4.78, 5) is 23.4. The Bertz CT molecular complexity index is 1670. The first-order valence-electron chi connectivity index (χ1n) is 33.3. The Labute approximate surface area is 495 Å². The van der Waals surface area contributed by atoms with Gasteiger partial charge in [0.25, 0.3) is 0 Å². The summed E-state index contributed by atoms with van der Waals surface area (Å²) in [5, 5.41) is 14.0. The number of hydrogen-bond donors (Lipinski definition) is 3. The molecular weight excluding hydrogens is 1010 g/mol. The van der Waals surface area contributed by atoms with Crippen molar-refractivity contribution in [2.24, 2.45) is 0 Å². The normalized spacial score (nSPS) is 14.4. The standard InChI is InChI=1S/C71H127N2O6P/c1-6-8-10-12-14-16-18-20-22-24-26-28-29-30-31-32-33-34-35-36-37-38-39-40-41-42-43-45-47-49-51-53-55-57-59-61-63-65-71(75)72-69(68-79-80(76,77)78-67-66-73(3,4)5)70(74)64-62-60-58-56-54-52-50-48-46-44-27-25-23-21-19-17-15-13-11-9-7-2/h8,10,14,16,20,22,26,28,30-31,33-34,46,48,54,56,62,64,69-70,74H,6-7,9,11-13,15,17-19,21,23-25,27,29,32,35-45,47,49-53,55,57-61,63,65-68H2,1-5H3,(H-,72,75,76,77)/p+1/b10-8-,16-14-,22-20-,28-26-,31-30-,34-33-,48-46+,56-54+,64-62+. The molecule has 0 bridgehead atoms. The number of amides is 1. The molecule has 0 spiro atoms. The van der Waals surface area contributed by atoms with Crippen LogP contribution in [0, 0.1) is 0 Å². The van der Waals surface area contributed by atoms with Crippen LogP contribution in [-0.4, -0.2) is 73.4 Å². The highest BCUT2D eigenvalue weighted by molar-refractivity contribution is 7.47. The molecule has 0 aromatic carbocycles. The summed E-state index contributed by atoms with van der Waals surface area (Å²) in [7, 11) is 1.54. The number of allylic oxidation sites excluding steroid dienone is 17. The second kappa shape index (κ2) is 60.7. The molecule has 0 aliphatic rings. The van der Waals surface area contributed by atoms with E-state index >= 15 is 0 Å². The number of aliphatic hydroxyl groups excluding tert-OH is 1. The summed E-state index contributed by atoms with van der Waals surface area (Å²) in [6.07, 6.45) is 89.4. The Morgan fingerprint density at radius 2 is 0.762 bits per heavy atom. The minimum atomic E-state index is -4.37. The number of rotatable bonds is 60. The van der Waals surface area contributed by atoms with Crippen molar-refractivity contribution in [3.8, 4) is 0 Å². The zero-order chi connectivity index (χ0) is 58.4. The number of quaternary nitrogens is 1. The van der Waals surface area contributed by atoms with Crippen LogP contribution in [0.25, 0.3) is 0 Å². The van der Waals surface area contributed by atoms with Crippen molar-refractivity contribution >= 4 is 13.7 Å². The first-order chi connectivity index (χ1) is 39.0.